The van der Waals surface area contributed by atoms with Gasteiger partial charge in [0.2, 0.25) is 21.9 Å². The van der Waals surface area contributed by atoms with Crippen molar-refractivity contribution in [2.75, 3.05) is 61.2 Å². The van der Waals surface area contributed by atoms with E-state index in [1.165, 1.54) is 10.6 Å². The first-order chi connectivity index (χ1) is 15.8. The Kier molecular flexibility index (Phi) is 7.11. The second-order valence-electron chi connectivity index (χ2n) is 8.42. The molecule has 2 N–H and O–H groups in total. The number of morpholine rings is 1. The molecule has 178 valence electrons. The highest BCUT2D eigenvalue weighted by atomic mass is 32.2. The van der Waals surface area contributed by atoms with Crippen LogP contribution in [0.25, 0.3) is 0 Å². The van der Waals surface area contributed by atoms with Crippen molar-refractivity contribution < 1.29 is 17.9 Å². The number of hydrogen-bond donors (Lipinski definition) is 2. The van der Waals surface area contributed by atoms with E-state index in [1.54, 1.807) is 0 Å². The van der Waals surface area contributed by atoms with Crippen molar-refractivity contribution in [3.8, 4) is 0 Å². The summed E-state index contributed by atoms with van der Waals surface area (Å²) in [6.45, 7) is 5.68. The number of piperidine rings is 1. The third-order valence-electron chi connectivity index (χ3n) is 5.88. The summed E-state index contributed by atoms with van der Waals surface area (Å²) in [5, 5.41) is 6.16. The zero-order chi connectivity index (χ0) is 23.4. The van der Waals surface area contributed by atoms with Crippen LogP contribution in [0.1, 0.15) is 18.5 Å². The quantitative estimate of drug-likeness (QED) is 0.653. The molecule has 0 saturated carbocycles. The SMILES string of the molecule is Cc1cc(N2CCOCC2)nc(Nc2ccc(NC(=O)C3CCN(S(C)(=O)=O)CC3)cc2)n1. The normalized spacial score (nSPS) is 18.2. The summed E-state index contributed by atoms with van der Waals surface area (Å²) in [6.07, 6.45) is 2.25. The number of sulfonamides is 1. The van der Waals surface area contributed by atoms with E-state index in [4.69, 9.17) is 4.74 Å². The van der Waals surface area contributed by atoms with Gasteiger partial charge in [-0.2, -0.15) is 4.98 Å². The van der Waals surface area contributed by atoms with Crippen LogP contribution >= 0.6 is 0 Å². The lowest BCUT2D eigenvalue weighted by atomic mass is 9.97. The van der Waals surface area contributed by atoms with Gasteiger partial charge in [-0.15, -0.1) is 0 Å². The first-order valence-electron chi connectivity index (χ1n) is 11.1. The van der Waals surface area contributed by atoms with Crippen LogP contribution in [-0.2, 0) is 19.6 Å². The van der Waals surface area contributed by atoms with Crippen LogP contribution in [0.2, 0.25) is 0 Å². The number of aryl methyl sites for hydroxylation is 1. The number of anilines is 4. The van der Waals surface area contributed by atoms with Gasteiger partial charge in [-0.25, -0.2) is 17.7 Å². The Morgan fingerprint density at radius 1 is 1.03 bits per heavy atom. The van der Waals surface area contributed by atoms with Crippen molar-refractivity contribution in [3.05, 3.63) is 36.0 Å². The van der Waals surface area contributed by atoms with E-state index in [2.05, 4.69) is 25.5 Å². The molecule has 0 bridgehead atoms. The highest BCUT2D eigenvalue weighted by Crippen LogP contribution is 2.23. The highest BCUT2D eigenvalue weighted by molar-refractivity contribution is 7.88. The molecule has 0 spiro atoms. The fourth-order valence-electron chi connectivity index (χ4n) is 4.02. The minimum Gasteiger partial charge on any atom is -0.378 e. The Hall–Kier alpha value is -2.76. The standard InChI is InChI=1S/C22H30N6O4S/c1-16-15-20(27-11-13-32-14-12-27)26-22(23-16)25-19-5-3-18(4-6-19)24-21(29)17-7-9-28(10-8-17)33(2,30)31/h3-6,15,17H,7-14H2,1-2H3,(H,24,29)(H,23,25,26). The van der Waals surface area contributed by atoms with Crippen LogP contribution in [0.4, 0.5) is 23.1 Å². The van der Waals surface area contributed by atoms with Gasteiger partial charge in [-0.3, -0.25) is 4.79 Å². The summed E-state index contributed by atoms with van der Waals surface area (Å²) in [5.74, 6) is 1.12. The molecule has 1 aromatic carbocycles. The van der Waals surface area contributed by atoms with Crippen molar-refractivity contribution in [2.24, 2.45) is 5.92 Å². The smallest absolute Gasteiger partial charge is 0.229 e. The molecule has 11 heteroatoms. The van der Waals surface area contributed by atoms with E-state index in [1.807, 2.05) is 37.3 Å². The highest BCUT2D eigenvalue weighted by Gasteiger charge is 2.28. The van der Waals surface area contributed by atoms with E-state index < -0.39 is 10.0 Å². The maximum Gasteiger partial charge on any atom is 0.229 e. The van der Waals surface area contributed by atoms with Crippen molar-refractivity contribution in [2.45, 2.75) is 19.8 Å². The molecular formula is C22H30N6O4S. The third-order valence-corrected chi connectivity index (χ3v) is 7.18. The first-order valence-corrected chi connectivity index (χ1v) is 12.9. The molecule has 2 aliphatic rings. The Bertz CT molecular complexity index is 1080. The topological polar surface area (TPSA) is 117 Å². The zero-order valence-corrected chi connectivity index (χ0v) is 19.8. The Morgan fingerprint density at radius 2 is 1.67 bits per heavy atom. The Balaban J connectivity index is 1.34. The van der Waals surface area contributed by atoms with Crippen LogP contribution < -0.4 is 15.5 Å². The van der Waals surface area contributed by atoms with Crippen LogP contribution in [0.3, 0.4) is 0 Å². The van der Waals surface area contributed by atoms with Gasteiger partial charge >= 0.3 is 0 Å². The van der Waals surface area contributed by atoms with Crippen molar-refractivity contribution in [3.63, 3.8) is 0 Å². The fraction of sp³-hybridized carbons (Fsp3) is 0.500. The van der Waals surface area contributed by atoms with E-state index in [-0.39, 0.29) is 11.8 Å². The van der Waals surface area contributed by atoms with Crippen LogP contribution in [0.15, 0.2) is 30.3 Å². The van der Waals surface area contributed by atoms with Crippen molar-refractivity contribution in [1.82, 2.24) is 14.3 Å². The number of aromatic nitrogens is 2. The van der Waals surface area contributed by atoms with Crippen molar-refractivity contribution >= 4 is 39.1 Å². The molecule has 1 aromatic heterocycles. The van der Waals surface area contributed by atoms with Gasteiger partial charge < -0.3 is 20.3 Å². The Labute approximate surface area is 194 Å². The third kappa shape index (κ3) is 6.18. The van der Waals surface area contributed by atoms with Crippen LogP contribution in [0.5, 0.6) is 0 Å². The summed E-state index contributed by atoms with van der Waals surface area (Å²) < 4.78 is 30.1. The second kappa shape index (κ2) is 10.0. The predicted molar refractivity (Wildman–Crippen MR) is 127 cm³/mol. The van der Waals surface area contributed by atoms with Gasteiger partial charge in [0.05, 0.1) is 19.5 Å². The number of carbonyl (C=O) groups excluding carboxylic acids is 1. The molecule has 1 amide bonds. The molecule has 2 aromatic rings. The lowest BCUT2D eigenvalue weighted by Gasteiger charge is -2.29. The number of hydrogen-bond acceptors (Lipinski definition) is 8. The monoisotopic (exact) mass is 474 g/mol. The largest absolute Gasteiger partial charge is 0.378 e. The number of ether oxygens (including phenoxy) is 1. The van der Waals surface area contributed by atoms with E-state index in [0.717, 1.165) is 30.3 Å². The predicted octanol–water partition coefficient (Wildman–Crippen LogP) is 1.98. The molecule has 10 nitrogen and oxygen atoms in total. The number of amides is 1. The summed E-state index contributed by atoms with van der Waals surface area (Å²) in [5.41, 5.74) is 2.38. The molecule has 0 atom stereocenters. The van der Waals surface area contributed by atoms with Gasteiger partial charge in [-0.1, -0.05) is 0 Å². The molecule has 3 heterocycles. The number of rotatable bonds is 6. The fourth-order valence-corrected chi connectivity index (χ4v) is 4.90. The minimum atomic E-state index is -3.20. The van der Waals surface area contributed by atoms with E-state index >= 15 is 0 Å². The Morgan fingerprint density at radius 3 is 2.30 bits per heavy atom. The molecule has 0 radical (unpaired) electrons. The summed E-state index contributed by atoms with van der Waals surface area (Å²) in [4.78, 5) is 23.9. The minimum absolute atomic E-state index is 0.0824. The maximum absolute atomic E-state index is 12.6. The van der Waals surface area contributed by atoms with Gasteiger partial charge in [0.1, 0.15) is 5.82 Å². The molecule has 0 unspecified atom stereocenters. The maximum atomic E-state index is 12.6. The second-order valence-corrected chi connectivity index (χ2v) is 10.4. The molecule has 2 aliphatic heterocycles. The molecular weight excluding hydrogens is 444 g/mol. The summed E-state index contributed by atoms with van der Waals surface area (Å²) in [6, 6.07) is 9.34. The van der Waals surface area contributed by atoms with E-state index in [0.29, 0.717) is 50.8 Å². The van der Waals surface area contributed by atoms with E-state index in [9.17, 15) is 13.2 Å². The molecule has 33 heavy (non-hydrogen) atoms. The summed E-state index contributed by atoms with van der Waals surface area (Å²) in [7, 11) is -3.20. The number of nitrogens with zero attached hydrogens (tertiary/aromatic N) is 4. The van der Waals surface area contributed by atoms with Crippen LogP contribution in [-0.4, -0.2) is 74.2 Å². The van der Waals surface area contributed by atoms with Gasteiger partial charge in [0.25, 0.3) is 0 Å². The lowest BCUT2D eigenvalue weighted by molar-refractivity contribution is -0.120. The van der Waals surface area contributed by atoms with Gasteiger partial charge in [0, 0.05) is 55.2 Å². The summed E-state index contributed by atoms with van der Waals surface area (Å²) >= 11 is 0. The number of nitrogens with one attached hydrogen (secondary N) is 2. The zero-order valence-electron chi connectivity index (χ0n) is 19.0. The first kappa shape index (κ1) is 23.4. The van der Waals surface area contributed by atoms with Crippen molar-refractivity contribution in [1.29, 1.82) is 0 Å². The average Bonchev–Trinajstić information content (AvgIpc) is 2.80. The number of carbonyl (C=O) groups is 1. The molecule has 2 saturated heterocycles. The average molecular weight is 475 g/mol. The molecule has 4 rings (SSSR count). The van der Waals surface area contributed by atoms with Gasteiger partial charge in [0.15, 0.2) is 0 Å². The van der Waals surface area contributed by atoms with Crippen LogP contribution in [0, 0.1) is 12.8 Å². The van der Waals surface area contributed by atoms with Gasteiger partial charge in [-0.05, 0) is 44.0 Å². The lowest BCUT2D eigenvalue weighted by Crippen LogP contribution is -2.40. The molecule has 2 fully saturated rings. The molecule has 0 aliphatic carbocycles. The number of benzene rings is 1.